The summed E-state index contributed by atoms with van der Waals surface area (Å²) in [4.78, 5) is 63.5. The Morgan fingerprint density at radius 1 is 0.458 bits per heavy atom. The van der Waals surface area contributed by atoms with Gasteiger partial charge in [0, 0.05) is 58.2 Å². The number of imidazole rings is 3. The van der Waals surface area contributed by atoms with Crippen molar-refractivity contribution >= 4 is 56.9 Å². The molecule has 0 aliphatic heterocycles. The van der Waals surface area contributed by atoms with Crippen molar-refractivity contribution in [3.05, 3.63) is 182 Å². The van der Waals surface area contributed by atoms with Gasteiger partial charge in [-0.05, 0) is 91.0 Å². The van der Waals surface area contributed by atoms with E-state index in [4.69, 9.17) is 5.73 Å². The number of halogens is 9. The molecule has 12 rings (SSSR count). The Morgan fingerprint density at radius 3 is 1.12 bits per heavy atom. The van der Waals surface area contributed by atoms with Crippen LogP contribution in [0.3, 0.4) is 0 Å². The van der Waals surface area contributed by atoms with Crippen LogP contribution in [0.15, 0.2) is 165 Å². The van der Waals surface area contributed by atoms with Gasteiger partial charge in [-0.2, -0.15) is 39.5 Å². The molecule has 0 saturated heterocycles. The van der Waals surface area contributed by atoms with Crippen molar-refractivity contribution in [3.8, 4) is 51.6 Å². The van der Waals surface area contributed by atoms with E-state index >= 15 is 0 Å². The summed E-state index contributed by atoms with van der Waals surface area (Å²) < 4.78 is 122. The number of carbonyl (C=O) groups excluding carboxylic acids is 1. The van der Waals surface area contributed by atoms with Crippen LogP contribution in [0.25, 0.3) is 85.1 Å². The second-order valence-corrected chi connectivity index (χ2v) is 17.9. The van der Waals surface area contributed by atoms with Crippen molar-refractivity contribution in [2.45, 2.75) is 25.5 Å². The summed E-state index contributed by atoms with van der Waals surface area (Å²) in [5.74, 6) is 2.22. The Labute approximate surface area is 462 Å². The average molecular weight is 1140 g/mol. The lowest BCUT2D eigenvalue weighted by Crippen LogP contribution is -2.10. The topological polar surface area (TPSA) is 228 Å². The van der Waals surface area contributed by atoms with Crippen LogP contribution in [-0.4, -0.2) is 93.5 Å². The number of nitrogen functional groups attached to an aromatic ring is 1. The molecule has 3 N–H and O–H groups in total. The predicted octanol–water partition coefficient (Wildman–Crippen LogP) is 11.3. The van der Waals surface area contributed by atoms with E-state index in [9.17, 15) is 44.3 Å². The van der Waals surface area contributed by atoms with Gasteiger partial charge in [-0.25, -0.2) is 44.9 Å². The molecule has 12 aromatic rings. The lowest BCUT2D eigenvalue weighted by molar-refractivity contribution is -0.138. The molecule has 12 heterocycles. The number of nitrogens with zero attached hydrogens (tertiary/aromatic N) is 16. The molecule has 0 bridgehead atoms. The molecule has 83 heavy (non-hydrogen) atoms. The molecule has 0 radical (unpaired) electrons. The fourth-order valence-electron chi connectivity index (χ4n) is 8.17. The Balaban J connectivity index is 0.000000139. The zero-order valence-corrected chi connectivity index (χ0v) is 43.1. The number of nitrogens with one attached hydrogen (secondary N) is 1. The minimum absolute atomic E-state index is 0.0754. The number of rotatable bonds is 8. The van der Waals surface area contributed by atoms with E-state index in [0.29, 0.717) is 68.9 Å². The molecule has 0 saturated carbocycles. The molecule has 418 valence electrons. The van der Waals surface area contributed by atoms with Gasteiger partial charge in [0.1, 0.15) is 51.1 Å². The fourth-order valence-corrected chi connectivity index (χ4v) is 8.17. The molecule has 0 spiro atoms. The van der Waals surface area contributed by atoms with Gasteiger partial charge in [-0.15, -0.1) is 0 Å². The highest BCUT2D eigenvalue weighted by atomic mass is 19.4. The SMILES string of the molecule is CC(=O)Nc1ccc(-n2c(-c3ccccn3)nc3cc(C(F)(F)F)cnc32)cn1.CN(C)c1ccc(-n2c(-c3ccccn3)nc3cc(C(F)(F)F)cnc32)cn1.Nc1ccc(-n2c(-c3ccccn3)nc3cc(C(F)(F)F)cnc32)cn1. The number of fused-ring (bicyclic) bond motifs is 3. The van der Waals surface area contributed by atoms with Crippen LogP contribution >= 0.6 is 0 Å². The van der Waals surface area contributed by atoms with Crippen LogP contribution in [0.2, 0.25) is 0 Å². The van der Waals surface area contributed by atoms with Gasteiger partial charge in [-0.1, -0.05) is 18.2 Å². The van der Waals surface area contributed by atoms with Crippen LogP contribution in [0.4, 0.5) is 57.0 Å². The Bertz CT molecular complexity index is 4250. The molecule has 1 amide bonds. The van der Waals surface area contributed by atoms with Gasteiger partial charge < -0.3 is 16.0 Å². The third kappa shape index (κ3) is 12.1. The number of aromatic nitrogens is 15. The lowest BCUT2D eigenvalue weighted by Gasteiger charge is -2.13. The fraction of sp³-hybridized carbons (Fsp3) is 0.109. The molecule has 0 aliphatic rings. The van der Waals surface area contributed by atoms with Gasteiger partial charge in [0.15, 0.2) is 34.4 Å². The van der Waals surface area contributed by atoms with Gasteiger partial charge in [0.05, 0.1) is 52.3 Å². The molecule has 0 fully saturated rings. The first-order chi connectivity index (χ1) is 39.6. The number of anilines is 3. The number of carbonyl (C=O) groups is 1. The largest absolute Gasteiger partial charge is 0.417 e. The molecule has 12 aromatic heterocycles. The molecule has 28 heteroatoms. The summed E-state index contributed by atoms with van der Waals surface area (Å²) in [5.41, 5.74) is 7.31. The highest BCUT2D eigenvalue weighted by Crippen LogP contribution is 2.36. The highest BCUT2D eigenvalue weighted by Gasteiger charge is 2.34. The Kier molecular flexibility index (Phi) is 15.0. The minimum Gasteiger partial charge on any atom is -0.384 e. The third-order valence-electron chi connectivity index (χ3n) is 11.9. The van der Waals surface area contributed by atoms with Crippen LogP contribution < -0.4 is 16.0 Å². The van der Waals surface area contributed by atoms with Gasteiger partial charge >= 0.3 is 18.5 Å². The van der Waals surface area contributed by atoms with E-state index in [1.165, 1.54) is 19.3 Å². The van der Waals surface area contributed by atoms with Crippen LogP contribution in [-0.2, 0) is 23.3 Å². The normalized spacial score (nSPS) is 11.7. The Hall–Kier alpha value is -10.8. The smallest absolute Gasteiger partial charge is 0.384 e. The first kappa shape index (κ1) is 55.5. The summed E-state index contributed by atoms with van der Waals surface area (Å²) in [6, 6.07) is 28.7. The zero-order valence-electron chi connectivity index (χ0n) is 43.1. The molecule has 19 nitrogen and oxygen atoms in total. The minimum atomic E-state index is -4.53. The molecule has 0 aliphatic carbocycles. The molecule has 0 atom stereocenters. The standard InChI is InChI=1S/C19H13F3N6O.C19H15F3N6.C17H11F3N6/c1-11(29)26-16-6-5-13(10-24-16)28-17-15(8-12(9-25-17)19(20,21)22)27-18(28)14-4-2-3-7-23-14;1-27(2)16-7-6-13(11-24-16)28-17-15(9-12(10-25-17)19(20,21)22)26-18(28)14-5-3-4-8-23-14;18-17(19,20)10-7-13-15(24-8-10)26(11-4-5-14(21)23-9-11)16(25-13)12-3-1-2-6-22-12/h2-10H,1H3,(H,24,26,29);3-11H,1-2H3;1-9H,(H2,21,23). The maximum absolute atomic E-state index is 13.1. The van der Waals surface area contributed by atoms with Gasteiger partial charge in [0.25, 0.3) is 0 Å². The summed E-state index contributed by atoms with van der Waals surface area (Å²) in [5, 5.41) is 2.56. The van der Waals surface area contributed by atoms with E-state index in [0.717, 1.165) is 42.6 Å². The highest BCUT2D eigenvalue weighted by molar-refractivity contribution is 5.88. The van der Waals surface area contributed by atoms with Gasteiger partial charge in [0.2, 0.25) is 5.91 Å². The maximum Gasteiger partial charge on any atom is 0.417 e. The van der Waals surface area contributed by atoms with Crippen molar-refractivity contribution in [2.75, 3.05) is 30.0 Å². The average Bonchev–Trinajstić information content (AvgIpc) is 4.31. The van der Waals surface area contributed by atoms with Crippen LogP contribution in [0, 0.1) is 0 Å². The van der Waals surface area contributed by atoms with Crippen molar-refractivity contribution in [1.29, 1.82) is 0 Å². The van der Waals surface area contributed by atoms with E-state index in [1.54, 1.807) is 117 Å². The molecular weight excluding hydrogens is 1100 g/mol. The second-order valence-electron chi connectivity index (χ2n) is 17.9. The van der Waals surface area contributed by atoms with Crippen molar-refractivity contribution in [2.24, 2.45) is 0 Å². The first-order valence-corrected chi connectivity index (χ1v) is 24.3. The Morgan fingerprint density at radius 2 is 0.831 bits per heavy atom. The number of pyridine rings is 9. The summed E-state index contributed by atoms with van der Waals surface area (Å²) in [6.07, 6.45) is -1.83. The second kappa shape index (κ2) is 22.4. The third-order valence-corrected chi connectivity index (χ3v) is 11.9. The van der Waals surface area contributed by atoms with E-state index in [1.807, 2.05) is 31.1 Å². The van der Waals surface area contributed by atoms with Crippen LogP contribution in [0.5, 0.6) is 0 Å². The monoisotopic (exact) mass is 1140 g/mol. The summed E-state index contributed by atoms with van der Waals surface area (Å²) >= 11 is 0. The molecule has 0 unspecified atom stereocenters. The number of nitrogens with two attached hydrogens (primary N) is 1. The number of amides is 1. The van der Waals surface area contributed by atoms with Crippen molar-refractivity contribution in [3.63, 3.8) is 0 Å². The van der Waals surface area contributed by atoms with Crippen molar-refractivity contribution < 1.29 is 44.3 Å². The lowest BCUT2D eigenvalue weighted by atomic mass is 10.2. The van der Waals surface area contributed by atoms with E-state index < -0.39 is 35.2 Å². The maximum atomic E-state index is 13.1. The van der Waals surface area contributed by atoms with E-state index in [-0.39, 0.29) is 33.8 Å². The number of hydrogen-bond acceptors (Lipinski definition) is 15. The molecule has 0 aromatic carbocycles. The first-order valence-electron chi connectivity index (χ1n) is 24.3. The van der Waals surface area contributed by atoms with Gasteiger partial charge in [-0.3, -0.25) is 33.4 Å². The number of alkyl halides is 9. The van der Waals surface area contributed by atoms with Crippen molar-refractivity contribution in [1.82, 2.24) is 73.5 Å². The zero-order chi connectivity index (χ0) is 58.8. The quantitative estimate of drug-likeness (QED) is 0.135. The predicted molar refractivity (Wildman–Crippen MR) is 288 cm³/mol. The molecular formula is C55H39F9N18O. The summed E-state index contributed by atoms with van der Waals surface area (Å²) in [7, 11) is 3.74. The van der Waals surface area contributed by atoms with Crippen LogP contribution in [0.1, 0.15) is 23.6 Å². The number of hydrogen-bond donors (Lipinski definition) is 2. The van der Waals surface area contributed by atoms with E-state index in [2.05, 4.69) is 65.1 Å². The summed E-state index contributed by atoms with van der Waals surface area (Å²) in [6.45, 7) is 1.36.